The van der Waals surface area contributed by atoms with Crippen LogP contribution in [-0.4, -0.2) is 20.6 Å². The van der Waals surface area contributed by atoms with E-state index in [-0.39, 0.29) is 18.5 Å². The van der Waals surface area contributed by atoms with Crippen molar-refractivity contribution in [1.29, 1.82) is 0 Å². The second-order valence-electron chi connectivity index (χ2n) is 9.05. The van der Waals surface area contributed by atoms with Gasteiger partial charge in [0.2, 0.25) is 10.0 Å². The Morgan fingerprint density at radius 1 is 0.882 bits per heavy atom. The van der Waals surface area contributed by atoms with E-state index in [4.69, 9.17) is 0 Å². The number of hydrogen-bond acceptors (Lipinski definition) is 3. The molecule has 1 atom stereocenters. The lowest BCUT2D eigenvalue weighted by atomic mass is 9.97. The quantitative estimate of drug-likeness (QED) is 0.447. The number of sulfonamides is 1. The second kappa shape index (κ2) is 10.4. The number of carbonyl (C=O) groups excluding carboxylic acids is 1. The van der Waals surface area contributed by atoms with E-state index in [2.05, 4.69) is 44.3 Å². The van der Waals surface area contributed by atoms with Crippen LogP contribution in [-0.2, 0) is 16.6 Å². The molecular formula is C28H34N2O3S. The number of nitrogens with one attached hydrogen (secondary N) is 1. The summed E-state index contributed by atoms with van der Waals surface area (Å²) in [5.41, 5.74) is 7.39. The van der Waals surface area contributed by atoms with Crippen LogP contribution in [0.25, 0.3) is 0 Å². The highest BCUT2D eigenvalue weighted by molar-refractivity contribution is 7.92. The summed E-state index contributed by atoms with van der Waals surface area (Å²) in [5, 5.41) is 3.14. The normalized spacial score (nSPS) is 12.3. The Bertz CT molecular complexity index is 1280. The maximum absolute atomic E-state index is 12.9. The molecule has 0 aromatic heterocycles. The zero-order valence-electron chi connectivity index (χ0n) is 20.8. The molecule has 1 N–H and O–H groups in total. The molecule has 0 saturated heterocycles. The highest BCUT2D eigenvalue weighted by atomic mass is 32.2. The Kier molecular flexibility index (Phi) is 7.82. The van der Waals surface area contributed by atoms with E-state index in [0.29, 0.717) is 11.3 Å². The summed E-state index contributed by atoms with van der Waals surface area (Å²) >= 11 is 0. The number of aryl methyl sites for hydroxylation is 4. The first-order valence-electron chi connectivity index (χ1n) is 11.5. The average molecular weight is 479 g/mol. The van der Waals surface area contributed by atoms with Crippen LogP contribution in [0.4, 0.5) is 5.69 Å². The van der Waals surface area contributed by atoms with Crippen LogP contribution >= 0.6 is 0 Å². The SMILES string of the molecule is CCC(NC(=O)c1ccc(CN(c2cc(C)ccc2C)S(C)(=O)=O)cc1)c1ccc(C)cc1C. The zero-order valence-corrected chi connectivity index (χ0v) is 21.7. The molecule has 0 bridgehead atoms. The maximum atomic E-state index is 12.9. The molecule has 1 unspecified atom stereocenters. The van der Waals surface area contributed by atoms with Crippen molar-refractivity contribution >= 4 is 21.6 Å². The predicted octanol–water partition coefficient (Wildman–Crippen LogP) is 5.77. The minimum absolute atomic E-state index is 0.0715. The number of amides is 1. The van der Waals surface area contributed by atoms with E-state index in [9.17, 15) is 13.2 Å². The largest absolute Gasteiger partial charge is 0.345 e. The lowest BCUT2D eigenvalue weighted by Crippen LogP contribution is -2.30. The minimum Gasteiger partial charge on any atom is -0.345 e. The average Bonchev–Trinajstić information content (AvgIpc) is 2.77. The number of nitrogens with zero attached hydrogens (tertiary/aromatic N) is 1. The van der Waals surface area contributed by atoms with Gasteiger partial charge in [-0.1, -0.05) is 55.0 Å². The smallest absolute Gasteiger partial charge is 0.251 e. The summed E-state index contributed by atoms with van der Waals surface area (Å²) in [6, 6.07) is 19.1. The van der Waals surface area contributed by atoms with Gasteiger partial charge in [0, 0.05) is 5.56 Å². The molecule has 34 heavy (non-hydrogen) atoms. The van der Waals surface area contributed by atoms with E-state index < -0.39 is 10.0 Å². The summed E-state index contributed by atoms with van der Waals surface area (Å²) in [7, 11) is -3.48. The van der Waals surface area contributed by atoms with Crippen LogP contribution in [0.5, 0.6) is 0 Å². The van der Waals surface area contributed by atoms with Crippen molar-refractivity contribution < 1.29 is 13.2 Å². The van der Waals surface area contributed by atoms with Gasteiger partial charge in [-0.05, 0) is 80.1 Å². The van der Waals surface area contributed by atoms with E-state index in [0.717, 1.165) is 34.2 Å². The van der Waals surface area contributed by atoms with Crippen LogP contribution in [0.3, 0.4) is 0 Å². The van der Waals surface area contributed by atoms with E-state index in [1.807, 2.05) is 44.2 Å². The van der Waals surface area contributed by atoms with Gasteiger partial charge in [0.25, 0.3) is 5.91 Å². The highest BCUT2D eigenvalue weighted by Gasteiger charge is 2.21. The van der Waals surface area contributed by atoms with Gasteiger partial charge in [-0.25, -0.2) is 8.42 Å². The second-order valence-corrected chi connectivity index (χ2v) is 11.0. The van der Waals surface area contributed by atoms with E-state index >= 15 is 0 Å². The van der Waals surface area contributed by atoms with Gasteiger partial charge >= 0.3 is 0 Å². The third-order valence-corrected chi connectivity index (χ3v) is 7.22. The number of benzene rings is 3. The van der Waals surface area contributed by atoms with Crippen molar-refractivity contribution in [2.24, 2.45) is 0 Å². The van der Waals surface area contributed by atoms with Crippen LogP contribution < -0.4 is 9.62 Å². The first-order valence-corrected chi connectivity index (χ1v) is 13.4. The first-order chi connectivity index (χ1) is 16.0. The molecular weight excluding hydrogens is 444 g/mol. The fourth-order valence-electron chi connectivity index (χ4n) is 4.15. The van der Waals surface area contributed by atoms with Gasteiger partial charge < -0.3 is 5.32 Å². The molecule has 180 valence electrons. The molecule has 0 saturated carbocycles. The number of hydrogen-bond donors (Lipinski definition) is 1. The van der Waals surface area contributed by atoms with Crippen molar-refractivity contribution in [2.75, 3.05) is 10.6 Å². The fourth-order valence-corrected chi connectivity index (χ4v) is 5.09. The van der Waals surface area contributed by atoms with Gasteiger partial charge in [0.05, 0.1) is 24.5 Å². The summed E-state index contributed by atoms with van der Waals surface area (Å²) in [4.78, 5) is 12.9. The lowest BCUT2D eigenvalue weighted by molar-refractivity contribution is 0.0935. The van der Waals surface area contributed by atoms with Crippen molar-refractivity contribution in [3.05, 3.63) is 99.6 Å². The minimum atomic E-state index is -3.48. The van der Waals surface area contributed by atoms with E-state index in [1.54, 1.807) is 12.1 Å². The Hall–Kier alpha value is -3.12. The van der Waals surface area contributed by atoms with Gasteiger partial charge in [0.15, 0.2) is 0 Å². The molecule has 6 heteroatoms. The summed E-state index contributed by atoms with van der Waals surface area (Å²) in [6.45, 7) is 10.2. The lowest BCUT2D eigenvalue weighted by Gasteiger charge is -2.25. The molecule has 0 spiro atoms. The molecule has 0 fully saturated rings. The Balaban J connectivity index is 1.79. The van der Waals surface area contributed by atoms with Gasteiger partial charge in [-0.3, -0.25) is 9.10 Å². The third kappa shape index (κ3) is 6.06. The maximum Gasteiger partial charge on any atom is 0.251 e. The van der Waals surface area contributed by atoms with Crippen LogP contribution in [0.2, 0.25) is 0 Å². The molecule has 3 rings (SSSR count). The standard InChI is InChI=1S/C28H34N2O3S/c1-7-26(25-15-9-19(2)16-22(25)5)29-28(31)24-13-11-23(12-14-24)18-30(34(6,32)33)27-17-20(3)8-10-21(27)4/h8-17,26H,7,18H2,1-6H3,(H,29,31). The number of rotatable bonds is 8. The first kappa shape index (κ1) is 25.5. The molecule has 0 aliphatic carbocycles. The van der Waals surface area contributed by atoms with Crippen molar-refractivity contribution in [2.45, 2.75) is 53.6 Å². The molecule has 0 aliphatic heterocycles. The summed E-state index contributed by atoms with van der Waals surface area (Å²) in [5.74, 6) is -0.145. The Morgan fingerprint density at radius 2 is 1.50 bits per heavy atom. The van der Waals surface area contributed by atoms with Crippen LogP contribution in [0.1, 0.15) is 63.1 Å². The van der Waals surface area contributed by atoms with Crippen molar-refractivity contribution in [3.63, 3.8) is 0 Å². The van der Waals surface area contributed by atoms with Crippen LogP contribution in [0.15, 0.2) is 60.7 Å². The summed E-state index contributed by atoms with van der Waals surface area (Å²) in [6.07, 6.45) is 2.00. The Labute approximate surface area is 203 Å². The van der Waals surface area contributed by atoms with Crippen LogP contribution in [0, 0.1) is 27.7 Å². The monoisotopic (exact) mass is 478 g/mol. The highest BCUT2D eigenvalue weighted by Crippen LogP contribution is 2.26. The zero-order chi connectivity index (χ0) is 25.0. The van der Waals surface area contributed by atoms with Gasteiger partial charge in [-0.15, -0.1) is 0 Å². The number of anilines is 1. The molecule has 3 aromatic rings. The molecule has 1 amide bonds. The molecule has 0 aliphatic rings. The van der Waals surface area contributed by atoms with Crippen molar-refractivity contribution in [1.82, 2.24) is 5.32 Å². The molecule has 3 aromatic carbocycles. The Morgan fingerprint density at radius 3 is 2.09 bits per heavy atom. The third-order valence-electron chi connectivity index (χ3n) is 6.09. The molecule has 5 nitrogen and oxygen atoms in total. The molecule has 0 radical (unpaired) electrons. The van der Waals surface area contributed by atoms with Gasteiger partial charge in [0.1, 0.15) is 0 Å². The van der Waals surface area contributed by atoms with Gasteiger partial charge in [-0.2, -0.15) is 0 Å². The predicted molar refractivity (Wildman–Crippen MR) is 140 cm³/mol. The molecule has 0 heterocycles. The fraction of sp³-hybridized carbons (Fsp3) is 0.321. The topological polar surface area (TPSA) is 66.5 Å². The summed E-state index contributed by atoms with van der Waals surface area (Å²) < 4.78 is 26.6. The van der Waals surface area contributed by atoms with Crippen molar-refractivity contribution in [3.8, 4) is 0 Å². The number of carbonyl (C=O) groups is 1. The van der Waals surface area contributed by atoms with E-state index in [1.165, 1.54) is 16.1 Å².